The van der Waals surface area contributed by atoms with Gasteiger partial charge in [-0.3, -0.25) is 0 Å². The van der Waals surface area contributed by atoms with Crippen LogP contribution >= 0.6 is 0 Å². The van der Waals surface area contributed by atoms with Gasteiger partial charge in [-0.1, -0.05) is 12.1 Å². The van der Waals surface area contributed by atoms with Crippen LogP contribution in [0.2, 0.25) is 0 Å². The molecule has 0 amide bonds. The number of nitrogens with one attached hydrogen (secondary N) is 1. The Balaban J connectivity index is 1.75. The predicted octanol–water partition coefficient (Wildman–Crippen LogP) is 2.08. The summed E-state index contributed by atoms with van der Waals surface area (Å²) in [5, 5.41) is 3.51. The van der Waals surface area contributed by atoms with Crippen molar-refractivity contribution in [2.45, 2.75) is 12.3 Å². The molecular formula is C14H20N2. The zero-order chi connectivity index (χ0) is 11.1. The van der Waals surface area contributed by atoms with E-state index in [1.807, 2.05) is 0 Å². The summed E-state index contributed by atoms with van der Waals surface area (Å²) in [6.07, 6.45) is 1.39. The van der Waals surface area contributed by atoms with Crippen molar-refractivity contribution >= 4 is 5.69 Å². The number of hydrogen-bond acceptors (Lipinski definition) is 2. The van der Waals surface area contributed by atoms with E-state index in [4.69, 9.17) is 0 Å². The lowest BCUT2D eigenvalue weighted by molar-refractivity contribution is 0.191. The lowest BCUT2D eigenvalue weighted by Crippen LogP contribution is -2.33. The highest BCUT2D eigenvalue weighted by atomic mass is 15.1. The fourth-order valence-corrected chi connectivity index (χ4v) is 3.19. The molecule has 1 heterocycles. The molecule has 16 heavy (non-hydrogen) atoms. The normalized spacial score (nSPS) is 32.0. The molecule has 1 saturated carbocycles. The van der Waals surface area contributed by atoms with Gasteiger partial charge in [0, 0.05) is 19.8 Å². The van der Waals surface area contributed by atoms with Crippen LogP contribution in [0.4, 0.5) is 5.69 Å². The van der Waals surface area contributed by atoms with Crippen LogP contribution in [0.3, 0.4) is 0 Å². The van der Waals surface area contributed by atoms with E-state index in [1.54, 1.807) is 0 Å². The number of nitrogens with zero attached hydrogens (tertiary/aromatic N) is 1. The molecule has 1 aromatic carbocycles. The molecule has 0 aromatic heterocycles. The fraction of sp³-hybridized carbons (Fsp3) is 0.571. The summed E-state index contributed by atoms with van der Waals surface area (Å²) in [5.41, 5.74) is 2.83. The van der Waals surface area contributed by atoms with Crippen LogP contribution in [0, 0.1) is 11.8 Å². The SMILES string of the molecule is CN(C)c1ccc([C@@H]2C[C@H]3CNC[C@H]32)cc1. The van der Waals surface area contributed by atoms with E-state index < -0.39 is 0 Å². The lowest BCUT2D eigenvalue weighted by atomic mass is 9.64. The first-order valence-corrected chi connectivity index (χ1v) is 6.23. The predicted molar refractivity (Wildman–Crippen MR) is 68.0 cm³/mol. The zero-order valence-electron chi connectivity index (χ0n) is 10.1. The topological polar surface area (TPSA) is 15.3 Å². The summed E-state index contributed by atoms with van der Waals surface area (Å²) in [5.74, 6) is 2.68. The Labute approximate surface area is 97.6 Å². The highest BCUT2D eigenvalue weighted by Gasteiger charge is 2.44. The Morgan fingerprint density at radius 3 is 2.50 bits per heavy atom. The van der Waals surface area contributed by atoms with Crippen molar-refractivity contribution in [2.24, 2.45) is 11.8 Å². The van der Waals surface area contributed by atoms with Gasteiger partial charge in [0.2, 0.25) is 0 Å². The van der Waals surface area contributed by atoms with E-state index in [0.717, 1.165) is 17.8 Å². The third-order valence-corrected chi connectivity index (χ3v) is 4.30. The van der Waals surface area contributed by atoms with Gasteiger partial charge in [-0.25, -0.2) is 0 Å². The minimum Gasteiger partial charge on any atom is -0.378 e. The Morgan fingerprint density at radius 2 is 1.88 bits per heavy atom. The number of benzene rings is 1. The van der Waals surface area contributed by atoms with Crippen molar-refractivity contribution in [1.29, 1.82) is 0 Å². The van der Waals surface area contributed by atoms with Crippen LogP contribution in [-0.4, -0.2) is 27.2 Å². The number of rotatable bonds is 2. The minimum atomic E-state index is 0.816. The highest BCUT2D eigenvalue weighted by molar-refractivity contribution is 5.47. The van der Waals surface area contributed by atoms with Crippen LogP contribution in [0.25, 0.3) is 0 Å². The van der Waals surface area contributed by atoms with Crippen LogP contribution in [0.5, 0.6) is 0 Å². The smallest absolute Gasteiger partial charge is 0.0361 e. The van der Waals surface area contributed by atoms with E-state index in [0.29, 0.717) is 0 Å². The van der Waals surface area contributed by atoms with Crippen molar-refractivity contribution in [3.05, 3.63) is 29.8 Å². The first-order valence-electron chi connectivity index (χ1n) is 6.23. The molecule has 3 atom stereocenters. The molecule has 0 bridgehead atoms. The van der Waals surface area contributed by atoms with Gasteiger partial charge in [-0.15, -0.1) is 0 Å². The van der Waals surface area contributed by atoms with Crippen molar-refractivity contribution in [1.82, 2.24) is 5.32 Å². The first-order chi connectivity index (χ1) is 7.75. The molecule has 0 unspecified atom stereocenters. The summed E-state index contributed by atoms with van der Waals surface area (Å²) in [6.45, 7) is 2.47. The van der Waals surface area contributed by atoms with Crippen molar-refractivity contribution in [2.75, 3.05) is 32.1 Å². The lowest BCUT2D eigenvalue weighted by Gasteiger charge is -2.40. The molecule has 2 fully saturated rings. The van der Waals surface area contributed by atoms with Gasteiger partial charge in [-0.2, -0.15) is 0 Å². The second-order valence-corrected chi connectivity index (χ2v) is 5.41. The van der Waals surface area contributed by atoms with Crippen LogP contribution < -0.4 is 10.2 Å². The van der Waals surface area contributed by atoms with E-state index >= 15 is 0 Å². The maximum absolute atomic E-state index is 3.51. The molecule has 1 aliphatic heterocycles. The third kappa shape index (κ3) is 1.52. The molecular weight excluding hydrogens is 196 g/mol. The zero-order valence-corrected chi connectivity index (χ0v) is 10.1. The molecule has 1 aromatic rings. The van der Waals surface area contributed by atoms with Crippen molar-refractivity contribution in [3.8, 4) is 0 Å². The Morgan fingerprint density at radius 1 is 1.12 bits per heavy atom. The molecule has 1 aliphatic carbocycles. The number of fused-ring (bicyclic) bond motifs is 1. The van der Waals surface area contributed by atoms with Crippen LogP contribution in [0.15, 0.2) is 24.3 Å². The minimum absolute atomic E-state index is 0.816. The van der Waals surface area contributed by atoms with E-state index in [9.17, 15) is 0 Å². The van der Waals surface area contributed by atoms with Gasteiger partial charge in [0.25, 0.3) is 0 Å². The maximum atomic E-state index is 3.51. The molecule has 0 radical (unpaired) electrons. The molecule has 2 aliphatic rings. The third-order valence-electron chi connectivity index (χ3n) is 4.30. The molecule has 3 rings (SSSR count). The molecule has 0 spiro atoms. The second kappa shape index (κ2) is 3.77. The van der Waals surface area contributed by atoms with Crippen LogP contribution in [0.1, 0.15) is 17.9 Å². The fourth-order valence-electron chi connectivity index (χ4n) is 3.19. The summed E-state index contributed by atoms with van der Waals surface area (Å²) >= 11 is 0. The quantitative estimate of drug-likeness (QED) is 0.814. The van der Waals surface area contributed by atoms with Gasteiger partial charge < -0.3 is 10.2 Å². The average molecular weight is 216 g/mol. The summed E-state index contributed by atoms with van der Waals surface area (Å²) in [4.78, 5) is 2.16. The average Bonchev–Trinajstić information content (AvgIpc) is 2.61. The molecule has 1 N–H and O–H groups in total. The highest BCUT2D eigenvalue weighted by Crippen LogP contribution is 2.49. The van der Waals surface area contributed by atoms with Crippen molar-refractivity contribution in [3.63, 3.8) is 0 Å². The van der Waals surface area contributed by atoms with Gasteiger partial charge in [0.15, 0.2) is 0 Å². The standard InChI is InChI=1S/C14H20N2/c1-16(2)12-5-3-10(4-6-12)13-7-11-8-15-9-14(11)13/h3-6,11,13-15H,7-9H2,1-2H3/t11-,13-,14+/m0/s1. The van der Waals surface area contributed by atoms with E-state index in [1.165, 1.54) is 30.8 Å². The Bertz CT molecular complexity index is 369. The van der Waals surface area contributed by atoms with Gasteiger partial charge in [0.05, 0.1) is 0 Å². The van der Waals surface area contributed by atoms with E-state index in [-0.39, 0.29) is 0 Å². The Hall–Kier alpha value is -1.02. The molecule has 86 valence electrons. The molecule has 1 saturated heterocycles. The van der Waals surface area contributed by atoms with E-state index in [2.05, 4.69) is 48.6 Å². The summed E-state index contributed by atoms with van der Waals surface area (Å²) in [7, 11) is 4.19. The largest absolute Gasteiger partial charge is 0.378 e. The molecule has 2 nitrogen and oxygen atoms in total. The number of anilines is 1. The maximum Gasteiger partial charge on any atom is 0.0361 e. The number of hydrogen-bond donors (Lipinski definition) is 1. The summed E-state index contributed by atoms with van der Waals surface area (Å²) in [6, 6.07) is 9.11. The summed E-state index contributed by atoms with van der Waals surface area (Å²) < 4.78 is 0. The van der Waals surface area contributed by atoms with Gasteiger partial charge in [0.1, 0.15) is 0 Å². The van der Waals surface area contributed by atoms with Crippen molar-refractivity contribution < 1.29 is 0 Å². The van der Waals surface area contributed by atoms with Crippen LogP contribution in [-0.2, 0) is 0 Å². The van der Waals surface area contributed by atoms with Gasteiger partial charge >= 0.3 is 0 Å². The Kier molecular flexibility index (Phi) is 2.40. The first kappa shape index (κ1) is 10.2. The van der Waals surface area contributed by atoms with Gasteiger partial charge in [-0.05, 0) is 55.0 Å². The second-order valence-electron chi connectivity index (χ2n) is 5.41. The monoisotopic (exact) mass is 216 g/mol. The molecule has 2 heteroatoms.